The summed E-state index contributed by atoms with van der Waals surface area (Å²) in [6.45, 7) is 3.96. The van der Waals surface area contributed by atoms with E-state index in [0.717, 1.165) is 23.4 Å². The van der Waals surface area contributed by atoms with Gasteiger partial charge in [-0.05, 0) is 43.7 Å². The van der Waals surface area contributed by atoms with Crippen molar-refractivity contribution >= 4 is 21.6 Å². The lowest BCUT2D eigenvalue weighted by Gasteiger charge is -2.24. The standard InChI is InChI=1S/C18H21FN2O3S/c1-13-7-8-17(14(2)11-13)21(25(3,23)24)10-9-20-18(22)15-5-4-6-16(19)12-15/h4-8,11-12H,9-10H2,1-3H3,(H,20,22). The summed E-state index contributed by atoms with van der Waals surface area (Å²) in [5.41, 5.74) is 2.64. The molecule has 0 bridgehead atoms. The van der Waals surface area contributed by atoms with Gasteiger partial charge < -0.3 is 5.32 Å². The van der Waals surface area contributed by atoms with Gasteiger partial charge in [0.05, 0.1) is 18.5 Å². The normalized spacial score (nSPS) is 11.2. The Hall–Kier alpha value is -2.41. The van der Waals surface area contributed by atoms with Crippen LogP contribution >= 0.6 is 0 Å². The van der Waals surface area contributed by atoms with E-state index in [4.69, 9.17) is 0 Å². The van der Waals surface area contributed by atoms with Crippen LogP contribution in [0.1, 0.15) is 21.5 Å². The molecule has 0 unspecified atom stereocenters. The van der Waals surface area contributed by atoms with Gasteiger partial charge in [-0.25, -0.2) is 12.8 Å². The topological polar surface area (TPSA) is 66.5 Å². The molecule has 134 valence electrons. The Balaban J connectivity index is 2.10. The number of carbonyl (C=O) groups is 1. The molecule has 0 fully saturated rings. The van der Waals surface area contributed by atoms with Crippen LogP contribution in [0.5, 0.6) is 0 Å². The van der Waals surface area contributed by atoms with E-state index in [2.05, 4.69) is 5.32 Å². The zero-order valence-electron chi connectivity index (χ0n) is 14.4. The quantitative estimate of drug-likeness (QED) is 0.857. The number of amides is 1. The van der Waals surface area contributed by atoms with Crippen LogP contribution in [0.15, 0.2) is 42.5 Å². The lowest BCUT2D eigenvalue weighted by atomic mass is 10.1. The minimum absolute atomic E-state index is 0.0871. The minimum atomic E-state index is -3.50. The number of aryl methyl sites for hydroxylation is 2. The number of rotatable bonds is 6. The summed E-state index contributed by atoms with van der Waals surface area (Å²) in [7, 11) is -3.50. The number of nitrogens with one attached hydrogen (secondary N) is 1. The Bertz CT molecular complexity index is 882. The largest absolute Gasteiger partial charge is 0.350 e. The molecule has 0 atom stereocenters. The summed E-state index contributed by atoms with van der Waals surface area (Å²) in [5.74, 6) is -0.950. The van der Waals surface area contributed by atoms with E-state index in [1.807, 2.05) is 26.0 Å². The number of nitrogens with zero attached hydrogens (tertiary/aromatic N) is 1. The van der Waals surface area contributed by atoms with Gasteiger partial charge in [-0.15, -0.1) is 0 Å². The van der Waals surface area contributed by atoms with Gasteiger partial charge >= 0.3 is 0 Å². The van der Waals surface area contributed by atoms with Crippen molar-refractivity contribution < 1.29 is 17.6 Å². The second kappa shape index (κ2) is 7.65. The van der Waals surface area contributed by atoms with Crippen LogP contribution in [0.3, 0.4) is 0 Å². The molecule has 2 rings (SSSR count). The predicted molar refractivity (Wildman–Crippen MR) is 96.8 cm³/mol. The molecular formula is C18H21FN2O3S. The summed E-state index contributed by atoms with van der Waals surface area (Å²) < 4.78 is 38.7. The van der Waals surface area contributed by atoms with Gasteiger partial charge in [-0.1, -0.05) is 23.8 Å². The van der Waals surface area contributed by atoms with Crippen LogP contribution in [-0.2, 0) is 10.0 Å². The predicted octanol–water partition coefficient (Wildman–Crippen LogP) is 2.64. The van der Waals surface area contributed by atoms with Gasteiger partial charge in [-0.3, -0.25) is 9.10 Å². The van der Waals surface area contributed by atoms with Crippen molar-refractivity contribution in [3.05, 3.63) is 65.0 Å². The van der Waals surface area contributed by atoms with Crippen molar-refractivity contribution in [2.75, 3.05) is 23.7 Å². The summed E-state index contributed by atoms with van der Waals surface area (Å²) >= 11 is 0. The van der Waals surface area contributed by atoms with Crippen molar-refractivity contribution in [1.29, 1.82) is 0 Å². The van der Waals surface area contributed by atoms with Crippen molar-refractivity contribution in [2.24, 2.45) is 0 Å². The molecule has 0 aliphatic carbocycles. The fourth-order valence-electron chi connectivity index (χ4n) is 2.55. The molecular weight excluding hydrogens is 343 g/mol. The van der Waals surface area contributed by atoms with E-state index in [9.17, 15) is 17.6 Å². The van der Waals surface area contributed by atoms with Crippen LogP contribution in [0.25, 0.3) is 0 Å². The Morgan fingerprint density at radius 3 is 2.48 bits per heavy atom. The lowest BCUT2D eigenvalue weighted by molar-refractivity contribution is 0.0954. The number of benzene rings is 2. The molecule has 0 aliphatic heterocycles. The first-order valence-corrected chi connectivity index (χ1v) is 9.62. The van der Waals surface area contributed by atoms with Gasteiger partial charge in [0, 0.05) is 12.1 Å². The van der Waals surface area contributed by atoms with Crippen molar-refractivity contribution in [3.8, 4) is 0 Å². The summed E-state index contributed by atoms with van der Waals surface area (Å²) in [4.78, 5) is 12.0. The molecule has 0 saturated carbocycles. The third kappa shape index (κ3) is 5.03. The highest BCUT2D eigenvalue weighted by Gasteiger charge is 2.19. The molecule has 1 amide bonds. The van der Waals surface area contributed by atoms with Gasteiger partial charge in [0.15, 0.2) is 0 Å². The molecule has 25 heavy (non-hydrogen) atoms. The number of hydrogen-bond donors (Lipinski definition) is 1. The SMILES string of the molecule is Cc1ccc(N(CCNC(=O)c2cccc(F)c2)S(C)(=O)=O)c(C)c1. The Labute approximate surface area is 147 Å². The molecule has 2 aromatic rings. The Morgan fingerprint density at radius 2 is 1.88 bits per heavy atom. The first-order chi connectivity index (χ1) is 11.7. The number of hydrogen-bond acceptors (Lipinski definition) is 3. The summed E-state index contributed by atoms with van der Waals surface area (Å²) in [5, 5.41) is 2.62. The minimum Gasteiger partial charge on any atom is -0.350 e. The molecule has 0 saturated heterocycles. The average molecular weight is 364 g/mol. The molecule has 0 heterocycles. The molecule has 7 heteroatoms. The zero-order chi connectivity index (χ0) is 18.6. The van der Waals surface area contributed by atoms with Crippen LogP contribution in [0.2, 0.25) is 0 Å². The molecule has 0 aliphatic rings. The van der Waals surface area contributed by atoms with Gasteiger partial charge in [0.25, 0.3) is 5.91 Å². The second-order valence-corrected chi connectivity index (χ2v) is 7.80. The Morgan fingerprint density at radius 1 is 1.16 bits per heavy atom. The lowest BCUT2D eigenvalue weighted by Crippen LogP contribution is -2.38. The van der Waals surface area contributed by atoms with Crippen LogP contribution in [0.4, 0.5) is 10.1 Å². The van der Waals surface area contributed by atoms with Gasteiger partial charge in [-0.2, -0.15) is 0 Å². The molecule has 0 radical (unpaired) electrons. The molecule has 2 aromatic carbocycles. The van der Waals surface area contributed by atoms with Crippen LogP contribution < -0.4 is 9.62 Å². The van der Waals surface area contributed by atoms with Crippen molar-refractivity contribution in [3.63, 3.8) is 0 Å². The molecule has 0 spiro atoms. The molecule has 5 nitrogen and oxygen atoms in total. The average Bonchev–Trinajstić information content (AvgIpc) is 2.51. The van der Waals surface area contributed by atoms with E-state index < -0.39 is 21.7 Å². The fourth-order valence-corrected chi connectivity index (χ4v) is 3.54. The van der Waals surface area contributed by atoms with E-state index in [-0.39, 0.29) is 18.7 Å². The molecule has 1 N–H and O–H groups in total. The highest BCUT2D eigenvalue weighted by molar-refractivity contribution is 7.92. The third-order valence-corrected chi connectivity index (χ3v) is 4.89. The summed E-state index contributed by atoms with van der Waals surface area (Å²) in [6.07, 6.45) is 1.13. The number of carbonyl (C=O) groups excluding carboxylic acids is 1. The van der Waals surface area contributed by atoms with Crippen LogP contribution in [-0.4, -0.2) is 33.7 Å². The highest BCUT2D eigenvalue weighted by atomic mass is 32.2. The first-order valence-electron chi connectivity index (χ1n) is 7.77. The second-order valence-electron chi connectivity index (χ2n) is 5.89. The van der Waals surface area contributed by atoms with E-state index in [1.54, 1.807) is 6.07 Å². The van der Waals surface area contributed by atoms with E-state index in [1.165, 1.54) is 22.5 Å². The van der Waals surface area contributed by atoms with Gasteiger partial charge in [0.2, 0.25) is 10.0 Å². The van der Waals surface area contributed by atoms with E-state index in [0.29, 0.717) is 5.69 Å². The van der Waals surface area contributed by atoms with Gasteiger partial charge in [0.1, 0.15) is 5.82 Å². The fraction of sp³-hybridized carbons (Fsp3) is 0.278. The zero-order valence-corrected chi connectivity index (χ0v) is 15.2. The first kappa shape index (κ1) is 18.9. The number of halogens is 1. The smallest absolute Gasteiger partial charge is 0.251 e. The van der Waals surface area contributed by atoms with E-state index >= 15 is 0 Å². The molecule has 0 aromatic heterocycles. The maximum absolute atomic E-state index is 13.2. The van der Waals surface area contributed by atoms with Crippen molar-refractivity contribution in [2.45, 2.75) is 13.8 Å². The highest BCUT2D eigenvalue weighted by Crippen LogP contribution is 2.23. The van der Waals surface area contributed by atoms with Crippen LogP contribution in [0, 0.1) is 19.7 Å². The maximum Gasteiger partial charge on any atom is 0.251 e. The van der Waals surface area contributed by atoms with Crippen molar-refractivity contribution in [1.82, 2.24) is 5.32 Å². The number of sulfonamides is 1. The number of anilines is 1. The Kier molecular flexibility index (Phi) is 5.79. The third-order valence-electron chi connectivity index (χ3n) is 3.71. The monoisotopic (exact) mass is 364 g/mol. The summed E-state index contributed by atoms with van der Waals surface area (Å²) in [6, 6.07) is 10.8. The maximum atomic E-state index is 13.2.